The van der Waals surface area contributed by atoms with Gasteiger partial charge in [0, 0.05) is 7.11 Å². The second-order valence-electron chi connectivity index (χ2n) is 6.08. The van der Waals surface area contributed by atoms with E-state index < -0.39 is 8.32 Å². The zero-order valence-corrected chi connectivity index (χ0v) is 13.6. The van der Waals surface area contributed by atoms with Crippen LogP contribution in [0.3, 0.4) is 0 Å². The average molecular weight is 268 g/mol. The smallest absolute Gasteiger partial charge is 0.185 e. The van der Waals surface area contributed by atoms with Gasteiger partial charge >= 0.3 is 0 Å². The molecule has 1 aliphatic rings. The molecular formula is C15H28O2Si. The summed E-state index contributed by atoms with van der Waals surface area (Å²) in [6.45, 7) is 13.0. The van der Waals surface area contributed by atoms with E-state index in [-0.39, 0.29) is 11.7 Å². The van der Waals surface area contributed by atoms with Crippen molar-refractivity contribution in [3.63, 3.8) is 0 Å². The first-order valence-electron chi connectivity index (χ1n) is 6.93. The molecule has 1 fully saturated rings. The number of methoxy groups -OCH3 is 1. The Hall–Kier alpha value is -0.383. The van der Waals surface area contributed by atoms with Crippen LogP contribution in [0, 0.1) is 0 Å². The number of hydrogen-bond donors (Lipinski definition) is 0. The standard InChI is InChI=1S/C15H28O2Si/c1-7-8-9-10-14(16-3)15(12-11-13(15)2)17-18(4,5)6/h9-10,14H,2,7-8,11-12H2,1,3-6H3. The highest BCUT2D eigenvalue weighted by Gasteiger charge is 2.50. The molecule has 1 saturated carbocycles. The minimum Gasteiger partial charge on any atom is -0.405 e. The van der Waals surface area contributed by atoms with Crippen LogP contribution in [0.5, 0.6) is 0 Å². The van der Waals surface area contributed by atoms with Crippen LogP contribution in [0.25, 0.3) is 0 Å². The lowest BCUT2D eigenvalue weighted by Gasteiger charge is -2.51. The zero-order chi connectivity index (χ0) is 13.8. The lowest BCUT2D eigenvalue weighted by Crippen LogP contribution is -2.57. The summed E-state index contributed by atoms with van der Waals surface area (Å²) in [5.41, 5.74) is 0.932. The van der Waals surface area contributed by atoms with Crippen molar-refractivity contribution in [1.29, 1.82) is 0 Å². The fourth-order valence-electron chi connectivity index (χ4n) is 2.43. The molecule has 0 saturated heterocycles. The molecule has 2 atom stereocenters. The fourth-order valence-corrected chi connectivity index (χ4v) is 3.89. The SMILES string of the molecule is C=C1CCC1(O[Si](C)(C)C)C(C=CCCC)OC. The van der Waals surface area contributed by atoms with E-state index in [0.717, 1.165) is 25.7 Å². The quantitative estimate of drug-likeness (QED) is 0.506. The Morgan fingerprint density at radius 2 is 2.11 bits per heavy atom. The summed E-state index contributed by atoms with van der Waals surface area (Å²) < 4.78 is 12.1. The summed E-state index contributed by atoms with van der Waals surface area (Å²) in [5, 5.41) is 0. The summed E-state index contributed by atoms with van der Waals surface area (Å²) in [4.78, 5) is 0. The van der Waals surface area contributed by atoms with Crippen molar-refractivity contribution in [3.05, 3.63) is 24.3 Å². The Balaban J connectivity index is 2.85. The normalized spacial score (nSPS) is 26.4. The Morgan fingerprint density at radius 3 is 2.44 bits per heavy atom. The van der Waals surface area contributed by atoms with E-state index in [9.17, 15) is 0 Å². The van der Waals surface area contributed by atoms with Crippen molar-refractivity contribution < 1.29 is 9.16 Å². The highest BCUT2D eigenvalue weighted by Crippen LogP contribution is 2.46. The molecule has 0 amide bonds. The molecule has 104 valence electrons. The van der Waals surface area contributed by atoms with Gasteiger partial charge in [-0.2, -0.15) is 0 Å². The summed E-state index contributed by atoms with van der Waals surface area (Å²) in [5.74, 6) is 0. The van der Waals surface area contributed by atoms with E-state index >= 15 is 0 Å². The highest BCUT2D eigenvalue weighted by atomic mass is 28.4. The first kappa shape index (κ1) is 15.7. The van der Waals surface area contributed by atoms with Crippen LogP contribution in [0.1, 0.15) is 32.6 Å². The van der Waals surface area contributed by atoms with Gasteiger partial charge < -0.3 is 9.16 Å². The van der Waals surface area contributed by atoms with Gasteiger partial charge in [-0.15, -0.1) is 0 Å². The maximum Gasteiger partial charge on any atom is 0.185 e. The largest absolute Gasteiger partial charge is 0.405 e. The molecule has 1 rings (SSSR count). The molecular weight excluding hydrogens is 240 g/mol. The molecule has 0 aromatic carbocycles. The van der Waals surface area contributed by atoms with Crippen LogP contribution >= 0.6 is 0 Å². The van der Waals surface area contributed by atoms with Crippen molar-refractivity contribution in [2.24, 2.45) is 0 Å². The molecule has 0 aliphatic heterocycles. The maximum absolute atomic E-state index is 6.42. The van der Waals surface area contributed by atoms with Gasteiger partial charge in [0.1, 0.15) is 11.7 Å². The van der Waals surface area contributed by atoms with Gasteiger partial charge in [-0.1, -0.05) is 32.1 Å². The van der Waals surface area contributed by atoms with Crippen LogP contribution in [0.4, 0.5) is 0 Å². The second-order valence-corrected chi connectivity index (χ2v) is 10.5. The van der Waals surface area contributed by atoms with Gasteiger partial charge in [0.05, 0.1) is 0 Å². The van der Waals surface area contributed by atoms with Gasteiger partial charge in [0.25, 0.3) is 0 Å². The van der Waals surface area contributed by atoms with Gasteiger partial charge in [-0.05, 0) is 44.5 Å². The molecule has 0 spiro atoms. The molecule has 0 aromatic heterocycles. The van der Waals surface area contributed by atoms with Gasteiger partial charge in [0.2, 0.25) is 0 Å². The molecule has 1 aliphatic carbocycles. The Labute approximate surface area is 113 Å². The third-order valence-corrected chi connectivity index (χ3v) is 4.34. The minimum atomic E-state index is -1.61. The zero-order valence-electron chi connectivity index (χ0n) is 12.6. The van der Waals surface area contributed by atoms with Gasteiger partial charge in [0.15, 0.2) is 8.32 Å². The van der Waals surface area contributed by atoms with E-state index in [4.69, 9.17) is 9.16 Å². The molecule has 2 unspecified atom stereocenters. The van der Waals surface area contributed by atoms with Crippen LogP contribution in [0.15, 0.2) is 24.3 Å². The van der Waals surface area contributed by atoms with Crippen LogP contribution < -0.4 is 0 Å². The molecule has 0 N–H and O–H groups in total. The summed E-state index contributed by atoms with van der Waals surface area (Å²) in [7, 11) is 0.160. The second kappa shape index (κ2) is 6.18. The summed E-state index contributed by atoms with van der Waals surface area (Å²) in [6, 6.07) is 0. The summed E-state index contributed by atoms with van der Waals surface area (Å²) in [6.07, 6.45) is 8.72. The lowest BCUT2D eigenvalue weighted by atomic mass is 9.71. The molecule has 0 aromatic rings. The molecule has 0 bridgehead atoms. The predicted molar refractivity (Wildman–Crippen MR) is 80.4 cm³/mol. The molecule has 0 heterocycles. The number of allylic oxidation sites excluding steroid dienone is 1. The lowest BCUT2D eigenvalue weighted by molar-refractivity contribution is -0.0633. The number of unbranched alkanes of at least 4 members (excludes halogenated alkanes) is 1. The fraction of sp³-hybridized carbons (Fsp3) is 0.733. The van der Waals surface area contributed by atoms with E-state index in [0.29, 0.717) is 0 Å². The van der Waals surface area contributed by atoms with E-state index in [1.807, 2.05) is 0 Å². The molecule has 2 nitrogen and oxygen atoms in total. The number of ether oxygens (including phenoxy) is 1. The van der Waals surface area contributed by atoms with Crippen molar-refractivity contribution in [3.8, 4) is 0 Å². The Kier molecular flexibility index (Phi) is 5.38. The molecule has 3 heteroatoms. The molecule has 18 heavy (non-hydrogen) atoms. The number of hydrogen-bond acceptors (Lipinski definition) is 2. The third kappa shape index (κ3) is 3.56. The number of rotatable bonds is 7. The minimum absolute atomic E-state index is 0.0111. The van der Waals surface area contributed by atoms with Crippen molar-refractivity contribution in [2.45, 2.75) is 64.0 Å². The highest BCUT2D eigenvalue weighted by molar-refractivity contribution is 6.69. The van der Waals surface area contributed by atoms with Gasteiger partial charge in [-0.3, -0.25) is 0 Å². The Morgan fingerprint density at radius 1 is 1.44 bits per heavy atom. The Bertz CT molecular complexity index is 317. The molecule has 0 radical (unpaired) electrons. The van der Waals surface area contributed by atoms with Crippen LogP contribution in [-0.2, 0) is 9.16 Å². The van der Waals surface area contributed by atoms with Crippen molar-refractivity contribution in [1.82, 2.24) is 0 Å². The van der Waals surface area contributed by atoms with Crippen LogP contribution in [-0.4, -0.2) is 27.1 Å². The van der Waals surface area contributed by atoms with E-state index in [1.54, 1.807) is 7.11 Å². The first-order valence-corrected chi connectivity index (χ1v) is 10.3. The van der Waals surface area contributed by atoms with Crippen molar-refractivity contribution >= 4 is 8.32 Å². The van der Waals surface area contributed by atoms with Crippen molar-refractivity contribution in [2.75, 3.05) is 7.11 Å². The van der Waals surface area contributed by atoms with Crippen LogP contribution in [0.2, 0.25) is 19.6 Å². The van der Waals surface area contributed by atoms with E-state index in [1.165, 1.54) is 5.57 Å². The maximum atomic E-state index is 6.42. The summed E-state index contributed by atoms with van der Waals surface area (Å²) >= 11 is 0. The first-order chi connectivity index (χ1) is 8.35. The topological polar surface area (TPSA) is 18.5 Å². The average Bonchev–Trinajstić information content (AvgIpc) is 2.29. The predicted octanol–water partition coefficient (Wildman–Crippen LogP) is 4.30. The monoisotopic (exact) mass is 268 g/mol. The van der Waals surface area contributed by atoms with E-state index in [2.05, 4.69) is 45.3 Å². The third-order valence-electron chi connectivity index (χ3n) is 3.36. The van der Waals surface area contributed by atoms with Gasteiger partial charge in [-0.25, -0.2) is 0 Å².